The zero-order valence-corrected chi connectivity index (χ0v) is 10.6. The molecule has 1 aromatic carbocycles. The molecule has 0 unspecified atom stereocenters. The number of ether oxygens (including phenoxy) is 1. The number of amides is 1. The molecular formula is C14H17NO3. The summed E-state index contributed by atoms with van der Waals surface area (Å²) in [6.45, 7) is 2.53. The van der Waals surface area contributed by atoms with Crippen LogP contribution in [0.1, 0.15) is 12.5 Å². The summed E-state index contributed by atoms with van der Waals surface area (Å²) in [4.78, 5) is 13.3. The van der Waals surface area contributed by atoms with E-state index in [-0.39, 0.29) is 5.91 Å². The van der Waals surface area contributed by atoms with E-state index < -0.39 is 5.60 Å². The van der Waals surface area contributed by atoms with E-state index >= 15 is 0 Å². The summed E-state index contributed by atoms with van der Waals surface area (Å²) in [6.07, 6.45) is 3.28. The third-order valence-electron chi connectivity index (χ3n) is 2.91. The van der Waals surface area contributed by atoms with Gasteiger partial charge in [-0.2, -0.15) is 0 Å². The van der Waals surface area contributed by atoms with E-state index in [4.69, 9.17) is 4.74 Å². The number of carbonyl (C=O) groups is 1. The summed E-state index contributed by atoms with van der Waals surface area (Å²) in [5.74, 6) is 0.717. The lowest BCUT2D eigenvalue weighted by molar-refractivity contribution is -0.146. The molecule has 18 heavy (non-hydrogen) atoms. The van der Waals surface area contributed by atoms with Gasteiger partial charge in [0.1, 0.15) is 5.75 Å². The van der Waals surface area contributed by atoms with Gasteiger partial charge in [0.15, 0.2) is 0 Å². The molecule has 1 heterocycles. The fraction of sp³-hybridized carbons (Fsp3) is 0.357. The van der Waals surface area contributed by atoms with Crippen LogP contribution in [0.25, 0.3) is 6.08 Å². The second kappa shape index (κ2) is 4.82. The molecule has 0 saturated carbocycles. The molecular weight excluding hydrogens is 230 g/mol. The number of nitrogens with zero attached hydrogens (tertiary/aromatic N) is 1. The van der Waals surface area contributed by atoms with E-state index in [2.05, 4.69) is 0 Å². The number of benzene rings is 1. The maximum Gasteiger partial charge on any atom is 0.246 e. The Morgan fingerprint density at radius 2 is 2.00 bits per heavy atom. The summed E-state index contributed by atoms with van der Waals surface area (Å²) in [5, 5.41) is 9.54. The maximum absolute atomic E-state index is 11.7. The highest BCUT2D eigenvalue weighted by atomic mass is 16.5. The number of β-amino-alcohol motifs (C(OH)–C–C–N with tert-alkyl or cyclic N) is 1. The van der Waals surface area contributed by atoms with Crippen molar-refractivity contribution < 1.29 is 14.6 Å². The van der Waals surface area contributed by atoms with E-state index in [1.807, 2.05) is 24.3 Å². The normalized spacial score (nSPS) is 17.6. The van der Waals surface area contributed by atoms with Crippen molar-refractivity contribution in [1.82, 2.24) is 4.90 Å². The Balaban J connectivity index is 1.92. The van der Waals surface area contributed by atoms with Gasteiger partial charge < -0.3 is 14.7 Å². The van der Waals surface area contributed by atoms with E-state index in [1.165, 1.54) is 6.08 Å². The average Bonchev–Trinajstić information content (AvgIpc) is 2.33. The maximum atomic E-state index is 11.7. The molecule has 1 saturated heterocycles. The van der Waals surface area contributed by atoms with Crippen LogP contribution >= 0.6 is 0 Å². The van der Waals surface area contributed by atoms with Crippen LogP contribution in [0.15, 0.2) is 30.3 Å². The van der Waals surface area contributed by atoms with Crippen LogP contribution < -0.4 is 4.74 Å². The second-order valence-corrected chi connectivity index (χ2v) is 4.80. The van der Waals surface area contributed by atoms with Crippen molar-refractivity contribution in [1.29, 1.82) is 0 Å². The largest absolute Gasteiger partial charge is 0.497 e. The van der Waals surface area contributed by atoms with Crippen LogP contribution in [-0.4, -0.2) is 41.7 Å². The molecule has 0 atom stereocenters. The summed E-state index contributed by atoms with van der Waals surface area (Å²) in [7, 11) is 1.62. The number of likely N-dealkylation sites (tertiary alicyclic amines) is 1. The van der Waals surface area contributed by atoms with Crippen LogP contribution in [-0.2, 0) is 4.79 Å². The van der Waals surface area contributed by atoms with Gasteiger partial charge in [-0.3, -0.25) is 4.79 Å². The van der Waals surface area contributed by atoms with Crippen molar-refractivity contribution in [3.8, 4) is 5.75 Å². The van der Waals surface area contributed by atoms with E-state index in [9.17, 15) is 9.90 Å². The number of hydrogen-bond acceptors (Lipinski definition) is 3. The fourth-order valence-corrected chi connectivity index (χ4v) is 1.92. The number of carbonyl (C=O) groups excluding carboxylic acids is 1. The Hall–Kier alpha value is -1.81. The van der Waals surface area contributed by atoms with Crippen LogP contribution in [0.2, 0.25) is 0 Å². The van der Waals surface area contributed by atoms with E-state index in [1.54, 1.807) is 25.0 Å². The molecule has 1 aliphatic rings. The van der Waals surface area contributed by atoms with Crippen molar-refractivity contribution >= 4 is 12.0 Å². The minimum Gasteiger partial charge on any atom is -0.497 e. The molecule has 0 aromatic heterocycles. The van der Waals surface area contributed by atoms with Gasteiger partial charge in [0.2, 0.25) is 5.91 Å². The molecule has 1 aromatic rings. The average molecular weight is 247 g/mol. The smallest absolute Gasteiger partial charge is 0.246 e. The monoisotopic (exact) mass is 247 g/mol. The summed E-state index contributed by atoms with van der Waals surface area (Å²) in [5.41, 5.74) is 0.223. The third-order valence-corrected chi connectivity index (χ3v) is 2.91. The summed E-state index contributed by atoms with van der Waals surface area (Å²) < 4.78 is 5.06. The number of methoxy groups -OCH3 is 1. The van der Waals surface area contributed by atoms with Gasteiger partial charge in [-0.1, -0.05) is 12.1 Å². The number of aliphatic hydroxyl groups is 1. The molecule has 0 aliphatic carbocycles. The van der Waals surface area contributed by atoms with Crippen LogP contribution in [0.3, 0.4) is 0 Å². The van der Waals surface area contributed by atoms with Gasteiger partial charge in [-0.15, -0.1) is 0 Å². The van der Waals surface area contributed by atoms with Crippen LogP contribution in [0.5, 0.6) is 5.75 Å². The first-order valence-electron chi connectivity index (χ1n) is 5.84. The lowest BCUT2D eigenvalue weighted by Crippen LogP contribution is -2.61. The van der Waals surface area contributed by atoms with Crippen molar-refractivity contribution in [2.45, 2.75) is 12.5 Å². The highest BCUT2D eigenvalue weighted by Crippen LogP contribution is 2.20. The minimum atomic E-state index is -0.719. The van der Waals surface area contributed by atoms with Crippen LogP contribution in [0, 0.1) is 0 Å². The first kappa shape index (κ1) is 12.6. The standard InChI is InChI=1S/C14H17NO3/c1-14(17)9-15(10-14)13(16)8-5-11-3-6-12(18-2)7-4-11/h3-8,17H,9-10H2,1-2H3. The minimum absolute atomic E-state index is 0.0719. The summed E-state index contributed by atoms with van der Waals surface area (Å²) >= 11 is 0. The highest BCUT2D eigenvalue weighted by Gasteiger charge is 2.38. The number of hydrogen-bond donors (Lipinski definition) is 1. The lowest BCUT2D eigenvalue weighted by atomic mass is 9.97. The van der Waals surface area contributed by atoms with Crippen molar-refractivity contribution in [2.75, 3.05) is 20.2 Å². The Morgan fingerprint density at radius 1 is 1.39 bits per heavy atom. The van der Waals surface area contributed by atoms with Gasteiger partial charge in [-0.05, 0) is 30.7 Å². The number of rotatable bonds is 3. The highest BCUT2D eigenvalue weighted by molar-refractivity contribution is 5.92. The Bertz CT molecular complexity index is 454. The molecule has 0 radical (unpaired) electrons. The quantitative estimate of drug-likeness (QED) is 0.819. The Labute approximate surface area is 106 Å². The molecule has 1 amide bonds. The van der Waals surface area contributed by atoms with Gasteiger partial charge >= 0.3 is 0 Å². The molecule has 0 spiro atoms. The van der Waals surface area contributed by atoms with Gasteiger partial charge in [-0.25, -0.2) is 0 Å². The molecule has 2 rings (SSSR count). The van der Waals surface area contributed by atoms with Gasteiger partial charge in [0.05, 0.1) is 25.8 Å². The topological polar surface area (TPSA) is 49.8 Å². The zero-order chi connectivity index (χ0) is 13.2. The lowest BCUT2D eigenvalue weighted by Gasteiger charge is -2.43. The predicted molar refractivity (Wildman–Crippen MR) is 69.2 cm³/mol. The SMILES string of the molecule is COc1ccc(C=CC(=O)N2CC(C)(O)C2)cc1. The predicted octanol–water partition coefficient (Wildman–Crippen LogP) is 1.30. The summed E-state index contributed by atoms with van der Waals surface area (Å²) in [6, 6.07) is 7.46. The second-order valence-electron chi connectivity index (χ2n) is 4.80. The molecule has 1 fully saturated rings. The van der Waals surface area contributed by atoms with E-state index in [0.717, 1.165) is 11.3 Å². The molecule has 96 valence electrons. The zero-order valence-electron chi connectivity index (χ0n) is 10.6. The molecule has 4 nitrogen and oxygen atoms in total. The third kappa shape index (κ3) is 2.90. The van der Waals surface area contributed by atoms with E-state index in [0.29, 0.717) is 13.1 Å². The first-order valence-corrected chi connectivity index (χ1v) is 5.84. The van der Waals surface area contributed by atoms with Crippen LogP contribution in [0.4, 0.5) is 0 Å². The van der Waals surface area contributed by atoms with Crippen molar-refractivity contribution in [2.24, 2.45) is 0 Å². The van der Waals surface area contributed by atoms with Crippen molar-refractivity contribution in [3.05, 3.63) is 35.9 Å². The van der Waals surface area contributed by atoms with Gasteiger partial charge in [0.25, 0.3) is 0 Å². The first-order chi connectivity index (χ1) is 8.50. The molecule has 4 heteroatoms. The Kier molecular flexibility index (Phi) is 3.39. The fourth-order valence-electron chi connectivity index (χ4n) is 1.92. The molecule has 1 aliphatic heterocycles. The van der Waals surface area contributed by atoms with Gasteiger partial charge in [0, 0.05) is 6.08 Å². The molecule has 1 N–H and O–H groups in total. The Morgan fingerprint density at radius 3 is 2.50 bits per heavy atom. The van der Waals surface area contributed by atoms with Crippen molar-refractivity contribution in [3.63, 3.8) is 0 Å². The molecule has 0 bridgehead atoms.